The molecule has 0 saturated heterocycles. The minimum absolute atomic E-state index is 0.264. The van der Waals surface area contributed by atoms with Gasteiger partial charge in [-0.3, -0.25) is 0 Å². The van der Waals surface area contributed by atoms with Gasteiger partial charge in [-0.15, -0.1) is 11.3 Å². The van der Waals surface area contributed by atoms with Crippen molar-refractivity contribution in [1.29, 1.82) is 0 Å². The van der Waals surface area contributed by atoms with E-state index in [4.69, 9.17) is 16.7 Å². The van der Waals surface area contributed by atoms with E-state index >= 15 is 0 Å². The molecule has 2 nitrogen and oxygen atoms in total. The molecule has 0 radical (unpaired) electrons. The lowest BCUT2D eigenvalue weighted by Crippen LogP contribution is -1.94. The maximum Gasteiger partial charge on any atom is 0.348 e. The van der Waals surface area contributed by atoms with Gasteiger partial charge in [-0.1, -0.05) is 11.6 Å². The second kappa shape index (κ2) is 3.22. The Bertz CT molecular complexity index is 521. The molecule has 1 aromatic carbocycles. The van der Waals surface area contributed by atoms with Crippen LogP contribution < -0.4 is 0 Å². The number of halogens is 2. The third-order valence-corrected chi connectivity index (χ3v) is 3.15. The van der Waals surface area contributed by atoms with Gasteiger partial charge in [0.25, 0.3) is 0 Å². The Hall–Kier alpha value is -1.13. The quantitative estimate of drug-likeness (QED) is 0.815. The van der Waals surface area contributed by atoms with Crippen molar-refractivity contribution >= 4 is 39.0 Å². The first kappa shape index (κ1) is 9.43. The van der Waals surface area contributed by atoms with Crippen molar-refractivity contribution < 1.29 is 14.3 Å². The lowest BCUT2D eigenvalue weighted by molar-refractivity contribution is 0.0698. The molecule has 0 unspecified atom stereocenters. The topological polar surface area (TPSA) is 37.3 Å². The standard InChI is InChI=1S/C9H4ClFO2S/c10-4-1-2-6-5(3-4)7(11)8(14-6)9(12)13/h1-3H,(H,12,13). The lowest BCUT2D eigenvalue weighted by Gasteiger charge is -1.89. The summed E-state index contributed by atoms with van der Waals surface area (Å²) in [5, 5.41) is 9.33. The van der Waals surface area contributed by atoms with Crippen LogP contribution >= 0.6 is 22.9 Å². The molecular formula is C9H4ClFO2S. The van der Waals surface area contributed by atoms with Crippen molar-refractivity contribution in [3.8, 4) is 0 Å². The monoisotopic (exact) mass is 230 g/mol. The Labute approximate surface area is 87.5 Å². The molecule has 0 fully saturated rings. The number of benzene rings is 1. The zero-order chi connectivity index (χ0) is 10.3. The summed E-state index contributed by atoms with van der Waals surface area (Å²) in [4.78, 5) is 10.3. The van der Waals surface area contributed by atoms with Crippen LogP contribution in [0.1, 0.15) is 9.67 Å². The van der Waals surface area contributed by atoms with E-state index in [2.05, 4.69) is 0 Å². The maximum atomic E-state index is 13.4. The zero-order valence-electron chi connectivity index (χ0n) is 6.75. The van der Waals surface area contributed by atoms with Crippen LogP contribution in [0, 0.1) is 5.82 Å². The van der Waals surface area contributed by atoms with E-state index in [0.29, 0.717) is 9.72 Å². The van der Waals surface area contributed by atoms with E-state index < -0.39 is 11.8 Å². The van der Waals surface area contributed by atoms with Crippen LogP contribution in [0.15, 0.2) is 18.2 Å². The van der Waals surface area contributed by atoms with Crippen molar-refractivity contribution in [3.05, 3.63) is 33.9 Å². The smallest absolute Gasteiger partial charge is 0.348 e. The molecule has 1 aromatic heterocycles. The first-order valence-electron chi connectivity index (χ1n) is 3.70. The molecule has 0 aliphatic heterocycles. The predicted octanol–water partition coefficient (Wildman–Crippen LogP) is 3.39. The number of rotatable bonds is 1. The summed E-state index contributed by atoms with van der Waals surface area (Å²) >= 11 is 6.58. The predicted molar refractivity (Wildman–Crippen MR) is 53.8 cm³/mol. The number of aromatic carboxylic acids is 1. The molecule has 0 saturated carbocycles. The van der Waals surface area contributed by atoms with Crippen LogP contribution in [-0.2, 0) is 0 Å². The van der Waals surface area contributed by atoms with Crippen LogP contribution in [0.2, 0.25) is 5.02 Å². The highest BCUT2D eigenvalue weighted by atomic mass is 35.5. The molecule has 2 rings (SSSR count). The molecule has 1 N–H and O–H groups in total. The molecule has 5 heteroatoms. The highest BCUT2D eigenvalue weighted by Gasteiger charge is 2.17. The minimum Gasteiger partial charge on any atom is -0.477 e. The molecule has 1 heterocycles. The zero-order valence-corrected chi connectivity index (χ0v) is 8.32. The van der Waals surface area contributed by atoms with Crippen molar-refractivity contribution in [1.82, 2.24) is 0 Å². The normalized spacial score (nSPS) is 10.7. The number of thiophene rings is 1. The third-order valence-electron chi connectivity index (χ3n) is 1.78. The number of fused-ring (bicyclic) bond motifs is 1. The van der Waals surface area contributed by atoms with E-state index in [1.807, 2.05) is 0 Å². The number of hydrogen-bond donors (Lipinski definition) is 1. The molecule has 2 aromatic rings. The van der Waals surface area contributed by atoms with Crippen LogP contribution in [0.4, 0.5) is 4.39 Å². The Balaban J connectivity index is 2.80. The van der Waals surface area contributed by atoms with E-state index in [1.165, 1.54) is 6.07 Å². The Morgan fingerprint density at radius 3 is 2.86 bits per heavy atom. The lowest BCUT2D eigenvalue weighted by atomic mass is 10.2. The highest BCUT2D eigenvalue weighted by molar-refractivity contribution is 7.20. The van der Waals surface area contributed by atoms with E-state index in [1.54, 1.807) is 12.1 Å². The fourth-order valence-electron chi connectivity index (χ4n) is 1.18. The molecule has 72 valence electrons. The van der Waals surface area contributed by atoms with Crippen molar-refractivity contribution in [2.75, 3.05) is 0 Å². The molecular weight excluding hydrogens is 227 g/mol. The number of carbonyl (C=O) groups is 1. The van der Waals surface area contributed by atoms with Crippen LogP contribution in [0.25, 0.3) is 10.1 Å². The minimum atomic E-state index is -1.25. The van der Waals surface area contributed by atoms with Gasteiger partial charge in [-0.25, -0.2) is 9.18 Å². The van der Waals surface area contributed by atoms with Gasteiger partial charge in [0.1, 0.15) is 4.88 Å². The van der Waals surface area contributed by atoms with Crippen LogP contribution in [-0.4, -0.2) is 11.1 Å². The van der Waals surface area contributed by atoms with E-state index in [-0.39, 0.29) is 10.3 Å². The molecule has 0 atom stereocenters. The number of hydrogen-bond acceptors (Lipinski definition) is 2. The van der Waals surface area contributed by atoms with Gasteiger partial charge in [0.2, 0.25) is 0 Å². The summed E-state index contributed by atoms with van der Waals surface area (Å²) in [5.41, 5.74) is 0. The third kappa shape index (κ3) is 1.36. The largest absolute Gasteiger partial charge is 0.477 e. The van der Waals surface area contributed by atoms with Gasteiger partial charge >= 0.3 is 5.97 Å². The molecule has 0 aliphatic rings. The first-order chi connectivity index (χ1) is 6.59. The molecule has 0 bridgehead atoms. The van der Waals surface area contributed by atoms with Crippen LogP contribution in [0.5, 0.6) is 0 Å². The van der Waals surface area contributed by atoms with Crippen molar-refractivity contribution in [2.24, 2.45) is 0 Å². The summed E-state index contributed by atoms with van der Waals surface area (Å²) < 4.78 is 14.0. The van der Waals surface area contributed by atoms with Gasteiger partial charge in [-0.05, 0) is 18.2 Å². The molecule has 0 amide bonds. The Morgan fingerprint density at radius 2 is 2.21 bits per heavy atom. The van der Waals surface area contributed by atoms with E-state index in [9.17, 15) is 9.18 Å². The number of carboxylic acids is 1. The van der Waals surface area contributed by atoms with Gasteiger partial charge in [-0.2, -0.15) is 0 Å². The fourth-order valence-corrected chi connectivity index (χ4v) is 2.25. The SMILES string of the molecule is O=C(O)c1sc2ccc(Cl)cc2c1F. The van der Waals surface area contributed by atoms with Crippen LogP contribution in [0.3, 0.4) is 0 Å². The average Bonchev–Trinajstić information content (AvgIpc) is 2.44. The van der Waals surface area contributed by atoms with Crippen molar-refractivity contribution in [3.63, 3.8) is 0 Å². The highest BCUT2D eigenvalue weighted by Crippen LogP contribution is 2.31. The summed E-state index contributed by atoms with van der Waals surface area (Å²) in [5.74, 6) is -1.96. The van der Waals surface area contributed by atoms with Crippen molar-refractivity contribution in [2.45, 2.75) is 0 Å². The fraction of sp³-hybridized carbons (Fsp3) is 0. The average molecular weight is 231 g/mol. The summed E-state index contributed by atoms with van der Waals surface area (Å²) in [6, 6.07) is 4.64. The summed E-state index contributed by atoms with van der Waals surface area (Å²) in [7, 11) is 0. The second-order valence-corrected chi connectivity index (χ2v) is 4.18. The van der Waals surface area contributed by atoms with E-state index in [0.717, 1.165) is 11.3 Å². The molecule has 0 spiro atoms. The second-order valence-electron chi connectivity index (χ2n) is 2.69. The Morgan fingerprint density at radius 1 is 1.50 bits per heavy atom. The maximum absolute atomic E-state index is 13.4. The first-order valence-corrected chi connectivity index (χ1v) is 4.90. The van der Waals surface area contributed by atoms with Gasteiger partial charge < -0.3 is 5.11 Å². The Kier molecular flexibility index (Phi) is 2.17. The molecule has 14 heavy (non-hydrogen) atoms. The van der Waals surface area contributed by atoms with Gasteiger partial charge in [0, 0.05) is 15.1 Å². The molecule has 0 aliphatic carbocycles. The number of carboxylic acid groups (broad SMARTS) is 1. The van der Waals surface area contributed by atoms with Gasteiger partial charge in [0.15, 0.2) is 5.82 Å². The van der Waals surface area contributed by atoms with Gasteiger partial charge in [0.05, 0.1) is 0 Å². The summed E-state index contributed by atoms with van der Waals surface area (Å²) in [6.07, 6.45) is 0. The summed E-state index contributed by atoms with van der Waals surface area (Å²) in [6.45, 7) is 0.